The number of methoxy groups -OCH3 is 1. The number of carbonyl (C=O) groups is 1. The third-order valence-corrected chi connectivity index (χ3v) is 3.11. The normalized spacial score (nSPS) is 10.3. The Morgan fingerprint density at radius 2 is 2.00 bits per heavy atom. The van der Waals surface area contributed by atoms with Gasteiger partial charge in [0.2, 0.25) is 5.91 Å². The molecular formula is C15H23NO3. The van der Waals surface area contributed by atoms with Crippen LogP contribution >= 0.6 is 0 Å². The first-order valence-corrected chi connectivity index (χ1v) is 6.65. The van der Waals surface area contributed by atoms with Gasteiger partial charge < -0.3 is 14.7 Å². The second-order valence-corrected chi connectivity index (χ2v) is 4.59. The predicted molar refractivity (Wildman–Crippen MR) is 75.3 cm³/mol. The van der Waals surface area contributed by atoms with Crippen molar-refractivity contribution in [1.29, 1.82) is 0 Å². The molecule has 0 radical (unpaired) electrons. The summed E-state index contributed by atoms with van der Waals surface area (Å²) in [5, 5.41) is 8.70. The fourth-order valence-electron chi connectivity index (χ4n) is 1.91. The van der Waals surface area contributed by atoms with Gasteiger partial charge in [0.1, 0.15) is 5.75 Å². The Labute approximate surface area is 115 Å². The zero-order valence-electron chi connectivity index (χ0n) is 11.8. The van der Waals surface area contributed by atoms with E-state index in [0.717, 1.165) is 37.1 Å². The molecule has 4 heteroatoms. The van der Waals surface area contributed by atoms with Gasteiger partial charge in [-0.2, -0.15) is 0 Å². The smallest absolute Gasteiger partial charge is 0.226 e. The van der Waals surface area contributed by atoms with E-state index < -0.39 is 0 Å². The van der Waals surface area contributed by atoms with Gasteiger partial charge in [0.05, 0.1) is 13.5 Å². The third-order valence-electron chi connectivity index (χ3n) is 3.11. The van der Waals surface area contributed by atoms with E-state index in [1.54, 1.807) is 12.0 Å². The minimum absolute atomic E-state index is 0.0912. The van der Waals surface area contributed by atoms with E-state index in [0.29, 0.717) is 6.42 Å². The number of aliphatic hydroxyl groups is 1. The molecule has 106 valence electrons. The van der Waals surface area contributed by atoms with Crippen LogP contribution in [0.1, 0.15) is 24.8 Å². The zero-order valence-corrected chi connectivity index (χ0v) is 11.8. The number of hydrogen-bond acceptors (Lipinski definition) is 3. The van der Waals surface area contributed by atoms with E-state index in [2.05, 4.69) is 0 Å². The quantitative estimate of drug-likeness (QED) is 0.730. The topological polar surface area (TPSA) is 49.8 Å². The number of rotatable bonds is 8. The molecule has 0 heterocycles. The highest BCUT2D eigenvalue weighted by Crippen LogP contribution is 2.18. The number of unbranched alkanes of at least 4 members (excludes halogenated alkanes) is 2. The summed E-state index contributed by atoms with van der Waals surface area (Å²) in [6.45, 7) is 0.951. The van der Waals surface area contributed by atoms with Crippen molar-refractivity contribution in [1.82, 2.24) is 4.90 Å². The molecule has 1 N–H and O–H groups in total. The van der Waals surface area contributed by atoms with Gasteiger partial charge in [0, 0.05) is 25.8 Å². The lowest BCUT2D eigenvalue weighted by Gasteiger charge is -2.17. The van der Waals surface area contributed by atoms with E-state index in [-0.39, 0.29) is 12.5 Å². The van der Waals surface area contributed by atoms with Gasteiger partial charge in [-0.15, -0.1) is 0 Å². The van der Waals surface area contributed by atoms with Gasteiger partial charge in [-0.3, -0.25) is 4.79 Å². The zero-order chi connectivity index (χ0) is 14.1. The van der Waals surface area contributed by atoms with Gasteiger partial charge in [0.15, 0.2) is 0 Å². The van der Waals surface area contributed by atoms with Crippen molar-refractivity contribution in [3.8, 4) is 5.75 Å². The number of amides is 1. The molecule has 4 nitrogen and oxygen atoms in total. The van der Waals surface area contributed by atoms with Crippen molar-refractivity contribution in [2.45, 2.75) is 25.7 Å². The Morgan fingerprint density at radius 3 is 2.68 bits per heavy atom. The number of ether oxygens (including phenoxy) is 1. The maximum Gasteiger partial charge on any atom is 0.226 e. The summed E-state index contributed by atoms with van der Waals surface area (Å²) in [5.74, 6) is 0.845. The molecule has 0 aliphatic rings. The Kier molecular flexibility index (Phi) is 6.97. The molecule has 0 spiro atoms. The van der Waals surface area contributed by atoms with Crippen molar-refractivity contribution in [3.05, 3.63) is 29.8 Å². The summed E-state index contributed by atoms with van der Waals surface area (Å²) in [6.07, 6.45) is 3.03. The lowest BCUT2D eigenvalue weighted by atomic mass is 10.1. The fourth-order valence-corrected chi connectivity index (χ4v) is 1.91. The molecule has 0 bridgehead atoms. The van der Waals surface area contributed by atoms with Gasteiger partial charge in [0.25, 0.3) is 0 Å². The third kappa shape index (κ3) is 5.30. The molecule has 0 aliphatic carbocycles. The van der Waals surface area contributed by atoms with Gasteiger partial charge in [-0.25, -0.2) is 0 Å². The monoisotopic (exact) mass is 265 g/mol. The average Bonchev–Trinajstić information content (AvgIpc) is 2.44. The summed E-state index contributed by atoms with van der Waals surface area (Å²) < 4.78 is 5.24. The van der Waals surface area contributed by atoms with Gasteiger partial charge in [-0.1, -0.05) is 18.2 Å². The number of hydrogen-bond donors (Lipinski definition) is 1. The van der Waals surface area contributed by atoms with Crippen LogP contribution in [0.2, 0.25) is 0 Å². The van der Waals surface area contributed by atoms with Crippen LogP contribution in [-0.4, -0.2) is 43.2 Å². The number of carbonyl (C=O) groups excluding carboxylic acids is 1. The van der Waals surface area contributed by atoms with Crippen molar-refractivity contribution in [2.75, 3.05) is 27.3 Å². The Hall–Kier alpha value is -1.55. The summed E-state index contributed by atoms with van der Waals surface area (Å²) in [6, 6.07) is 7.58. The molecule has 0 saturated heterocycles. The average molecular weight is 265 g/mol. The van der Waals surface area contributed by atoms with Crippen molar-refractivity contribution < 1.29 is 14.6 Å². The van der Waals surface area contributed by atoms with Crippen molar-refractivity contribution >= 4 is 5.91 Å². The minimum atomic E-state index is 0.0912. The first-order chi connectivity index (χ1) is 9.19. The van der Waals surface area contributed by atoms with E-state index in [1.807, 2.05) is 31.3 Å². The van der Waals surface area contributed by atoms with Crippen LogP contribution < -0.4 is 4.74 Å². The lowest BCUT2D eigenvalue weighted by Crippen LogP contribution is -2.29. The van der Waals surface area contributed by atoms with Gasteiger partial charge in [-0.05, 0) is 25.3 Å². The molecule has 0 aromatic heterocycles. The molecule has 1 aromatic carbocycles. The van der Waals surface area contributed by atoms with Gasteiger partial charge >= 0.3 is 0 Å². The number of likely N-dealkylation sites (N-methyl/N-ethyl adjacent to an activating group) is 1. The van der Waals surface area contributed by atoms with Crippen LogP contribution in [0, 0.1) is 0 Å². The second kappa shape index (κ2) is 8.53. The predicted octanol–water partition coefficient (Wildman–Crippen LogP) is 1.86. The van der Waals surface area contributed by atoms with E-state index >= 15 is 0 Å². The van der Waals surface area contributed by atoms with E-state index in [4.69, 9.17) is 9.84 Å². The minimum Gasteiger partial charge on any atom is -0.496 e. The van der Waals surface area contributed by atoms with Crippen LogP contribution in [0.5, 0.6) is 5.75 Å². The molecule has 0 unspecified atom stereocenters. The van der Waals surface area contributed by atoms with Crippen LogP contribution in [0.25, 0.3) is 0 Å². The highest BCUT2D eigenvalue weighted by molar-refractivity contribution is 5.79. The highest BCUT2D eigenvalue weighted by Gasteiger charge is 2.12. The molecule has 0 aliphatic heterocycles. The molecule has 19 heavy (non-hydrogen) atoms. The first-order valence-electron chi connectivity index (χ1n) is 6.65. The summed E-state index contributed by atoms with van der Waals surface area (Å²) in [7, 11) is 3.43. The maximum absolute atomic E-state index is 12.1. The molecule has 1 aromatic rings. The largest absolute Gasteiger partial charge is 0.496 e. The maximum atomic E-state index is 12.1. The van der Waals surface area contributed by atoms with Crippen LogP contribution in [0.15, 0.2) is 24.3 Å². The number of aliphatic hydroxyl groups excluding tert-OH is 1. The fraction of sp³-hybridized carbons (Fsp3) is 0.533. The summed E-state index contributed by atoms with van der Waals surface area (Å²) in [4.78, 5) is 13.8. The Balaban J connectivity index is 2.45. The number of para-hydroxylation sites is 1. The highest BCUT2D eigenvalue weighted by atomic mass is 16.5. The summed E-state index contributed by atoms with van der Waals surface area (Å²) >= 11 is 0. The van der Waals surface area contributed by atoms with Crippen molar-refractivity contribution in [2.24, 2.45) is 0 Å². The first kappa shape index (κ1) is 15.5. The van der Waals surface area contributed by atoms with Crippen LogP contribution in [0.4, 0.5) is 0 Å². The van der Waals surface area contributed by atoms with Crippen molar-refractivity contribution in [3.63, 3.8) is 0 Å². The lowest BCUT2D eigenvalue weighted by molar-refractivity contribution is -0.129. The Morgan fingerprint density at radius 1 is 1.26 bits per heavy atom. The molecule has 0 saturated carbocycles. The van der Waals surface area contributed by atoms with Crippen LogP contribution in [0.3, 0.4) is 0 Å². The Bertz CT molecular complexity index is 393. The van der Waals surface area contributed by atoms with Crippen LogP contribution in [-0.2, 0) is 11.2 Å². The number of benzene rings is 1. The molecular weight excluding hydrogens is 242 g/mol. The standard InChI is InChI=1S/C15H23NO3/c1-16(10-6-3-7-11-17)15(18)12-13-8-4-5-9-14(13)19-2/h4-5,8-9,17H,3,6-7,10-12H2,1-2H3. The molecule has 1 amide bonds. The van der Waals surface area contributed by atoms with E-state index in [1.165, 1.54) is 0 Å². The molecule has 0 atom stereocenters. The SMILES string of the molecule is COc1ccccc1CC(=O)N(C)CCCCCO. The molecule has 1 rings (SSSR count). The summed E-state index contributed by atoms with van der Waals surface area (Å²) in [5.41, 5.74) is 0.914. The number of nitrogens with zero attached hydrogens (tertiary/aromatic N) is 1. The molecule has 0 fully saturated rings. The second-order valence-electron chi connectivity index (χ2n) is 4.59. The van der Waals surface area contributed by atoms with E-state index in [9.17, 15) is 4.79 Å².